The fourth-order valence-electron chi connectivity index (χ4n) is 2.26. The smallest absolute Gasteiger partial charge is 0.340 e. The molecule has 1 aromatic rings. The lowest BCUT2D eigenvalue weighted by atomic mass is 9.95. The van der Waals surface area contributed by atoms with Crippen LogP contribution in [0.5, 0.6) is 0 Å². The van der Waals surface area contributed by atoms with Crippen LogP contribution in [0.1, 0.15) is 42.5 Å². The van der Waals surface area contributed by atoms with Gasteiger partial charge in [-0.05, 0) is 18.9 Å². The van der Waals surface area contributed by atoms with Crippen LogP contribution in [-0.2, 0) is 9.53 Å². The summed E-state index contributed by atoms with van der Waals surface area (Å²) in [7, 11) is 0. The van der Waals surface area contributed by atoms with Gasteiger partial charge in [0.15, 0.2) is 6.61 Å². The summed E-state index contributed by atoms with van der Waals surface area (Å²) in [6.45, 7) is -0.310. The van der Waals surface area contributed by atoms with Crippen LogP contribution in [0, 0.1) is 0 Å². The number of aromatic nitrogens is 1. The van der Waals surface area contributed by atoms with E-state index in [1.54, 1.807) is 0 Å². The molecule has 0 spiro atoms. The Bertz CT molecular complexity index is 531. The molecule has 0 radical (unpaired) electrons. The summed E-state index contributed by atoms with van der Waals surface area (Å²) in [5, 5.41) is 3.15. The van der Waals surface area contributed by atoms with E-state index < -0.39 is 5.97 Å². The van der Waals surface area contributed by atoms with Crippen LogP contribution in [0.2, 0.25) is 10.2 Å². The van der Waals surface area contributed by atoms with Crippen molar-refractivity contribution in [1.82, 2.24) is 10.3 Å². The van der Waals surface area contributed by atoms with Gasteiger partial charge >= 0.3 is 5.97 Å². The number of carbonyl (C=O) groups excluding carboxylic acids is 2. The Hall–Kier alpha value is -1.33. The van der Waals surface area contributed by atoms with Crippen molar-refractivity contribution in [3.63, 3.8) is 0 Å². The molecule has 1 heterocycles. The lowest BCUT2D eigenvalue weighted by molar-refractivity contribution is -0.125. The number of ether oxygens (including phenoxy) is 1. The standard InChI is InChI=1S/C14H16Cl2N2O3/c15-11-6-9(7-17-13(11)16)14(20)21-8-12(19)18-10-4-2-1-3-5-10/h6-7,10H,1-5,8H2,(H,18,19). The van der Waals surface area contributed by atoms with Crippen LogP contribution < -0.4 is 5.32 Å². The molecule has 21 heavy (non-hydrogen) atoms. The highest BCUT2D eigenvalue weighted by Crippen LogP contribution is 2.20. The zero-order valence-corrected chi connectivity index (χ0v) is 12.9. The third-order valence-electron chi connectivity index (χ3n) is 3.34. The van der Waals surface area contributed by atoms with Crippen LogP contribution in [0.4, 0.5) is 0 Å². The van der Waals surface area contributed by atoms with Gasteiger partial charge in [-0.15, -0.1) is 0 Å². The van der Waals surface area contributed by atoms with Gasteiger partial charge in [0.2, 0.25) is 0 Å². The van der Waals surface area contributed by atoms with Gasteiger partial charge in [-0.3, -0.25) is 4.79 Å². The van der Waals surface area contributed by atoms with Crippen molar-refractivity contribution in [3.05, 3.63) is 28.0 Å². The molecule has 7 heteroatoms. The predicted octanol–water partition coefficient (Wildman–Crippen LogP) is 2.99. The number of hydrogen-bond acceptors (Lipinski definition) is 4. The summed E-state index contributed by atoms with van der Waals surface area (Å²) in [5.41, 5.74) is 0.162. The Morgan fingerprint density at radius 2 is 2.00 bits per heavy atom. The molecule has 0 aromatic carbocycles. The van der Waals surface area contributed by atoms with E-state index in [2.05, 4.69) is 10.3 Å². The molecule has 1 amide bonds. The van der Waals surface area contributed by atoms with Gasteiger partial charge in [-0.25, -0.2) is 9.78 Å². The molecule has 1 saturated carbocycles. The molecule has 1 aromatic heterocycles. The zero-order valence-electron chi connectivity index (χ0n) is 11.4. The van der Waals surface area contributed by atoms with Crippen molar-refractivity contribution in [2.75, 3.05) is 6.61 Å². The van der Waals surface area contributed by atoms with E-state index in [0.717, 1.165) is 25.7 Å². The summed E-state index contributed by atoms with van der Waals surface area (Å²) in [5.74, 6) is -0.942. The number of amides is 1. The molecule has 0 bridgehead atoms. The van der Waals surface area contributed by atoms with Crippen molar-refractivity contribution in [2.45, 2.75) is 38.1 Å². The largest absolute Gasteiger partial charge is 0.452 e. The molecule has 114 valence electrons. The van der Waals surface area contributed by atoms with E-state index in [4.69, 9.17) is 27.9 Å². The molecule has 2 rings (SSSR count). The maximum absolute atomic E-state index is 11.8. The fraction of sp³-hybridized carbons (Fsp3) is 0.500. The predicted molar refractivity (Wildman–Crippen MR) is 79.6 cm³/mol. The first-order valence-electron chi connectivity index (χ1n) is 6.84. The third-order valence-corrected chi connectivity index (χ3v) is 4.02. The van der Waals surface area contributed by atoms with Crippen molar-refractivity contribution < 1.29 is 14.3 Å². The minimum Gasteiger partial charge on any atom is -0.452 e. The number of nitrogens with zero attached hydrogens (tertiary/aromatic N) is 1. The average molecular weight is 331 g/mol. The molecule has 1 N–H and O–H groups in total. The highest BCUT2D eigenvalue weighted by Gasteiger charge is 2.17. The normalized spacial score (nSPS) is 15.5. The quantitative estimate of drug-likeness (QED) is 0.680. The second kappa shape index (κ2) is 7.61. The topological polar surface area (TPSA) is 68.3 Å². The number of carbonyl (C=O) groups is 2. The third kappa shape index (κ3) is 4.86. The van der Waals surface area contributed by atoms with E-state index >= 15 is 0 Å². The maximum Gasteiger partial charge on any atom is 0.340 e. The average Bonchev–Trinajstić information content (AvgIpc) is 2.48. The van der Waals surface area contributed by atoms with Crippen molar-refractivity contribution in [3.8, 4) is 0 Å². The minimum absolute atomic E-state index is 0.114. The Morgan fingerprint density at radius 1 is 1.29 bits per heavy atom. The number of halogens is 2. The van der Waals surface area contributed by atoms with Crippen LogP contribution >= 0.6 is 23.2 Å². The van der Waals surface area contributed by atoms with Gasteiger partial charge in [0.25, 0.3) is 5.91 Å². The molecule has 0 atom stereocenters. The van der Waals surface area contributed by atoms with Gasteiger partial charge in [0.05, 0.1) is 10.6 Å². The van der Waals surface area contributed by atoms with E-state index in [9.17, 15) is 9.59 Å². The van der Waals surface area contributed by atoms with Gasteiger partial charge in [-0.2, -0.15) is 0 Å². The maximum atomic E-state index is 11.8. The summed E-state index contributed by atoms with van der Waals surface area (Å²) < 4.78 is 4.93. The van der Waals surface area contributed by atoms with Crippen LogP contribution in [-0.4, -0.2) is 29.5 Å². The van der Waals surface area contributed by atoms with Crippen LogP contribution in [0.25, 0.3) is 0 Å². The number of hydrogen-bond donors (Lipinski definition) is 1. The van der Waals surface area contributed by atoms with Crippen molar-refractivity contribution >= 4 is 35.1 Å². The van der Waals surface area contributed by atoms with E-state index in [1.165, 1.54) is 18.7 Å². The summed E-state index contributed by atoms with van der Waals surface area (Å²) in [6.07, 6.45) is 6.69. The Morgan fingerprint density at radius 3 is 2.67 bits per heavy atom. The number of nitrogens with one attached hydrogen (secondary N) is 1. The van der Waals surface area contributed by atoms with Gasteiger partial charge < -0.3 is 10.1 Å². The molecule has 0 saturated heterocycles. The molecule has 0 aliphatic heterocycles. The molecular weight excluding hydrogens is 315 g/mol. The van der Waals surface area contributed by atoms with E-state index in [-0.39, 0.29) is 34.3 Å². The lowest BCUT2D eigenvalue weighted by Gasteiger charge is -2.22. The molecule has 1 aliphatic rings. The number of rotatable bonds is 4. The highest BCUT2D eigenvalue weighted by molar-refractivity contribution is 6.41. The second-order valence-electron chi connectivity index (χ2n) is 4.98. The summed E-state index contributed by atoms with van der Waals surface area (Å²) in [4.78, 5) is 27.2. The van der Waals surface area contributed by atoms with Crippen molar-refractivity contribution in [2.24, 2.45) is 0 Å². The number of esters is 1. The molecule has 5 nitrogen and oxygen atoms in total. The molecule has 1 fully saturated rings. The second-order valence-corrected chi connectivity index (χ2v) is 5.74. The van der Waals surface area contributed by atoms with E-state index in [1.807, 2.05) is 0 Å². The SMILES string of the molecule is O=C(COC(=O)c1cnc(Cl)c(Cl)c1)NC1CCCCC1. The Balaban J connectivity index is 1.80. The highest BCUT2D eigenvalue weighted by atomic mass is 35.5. The summed E-state index contributed by atoms with van der Waals surface area (Å²) in [6, 6.07) is 1.55. The molecule has 0 unspecified atom stereocenters. The first kappa shape index (κ1) is 16.0. The Labute approximate surface area is 133 Å². The monoisotopic (exact) mass is 330 g/mol. The Kier molecular flexibility index (Phi) is 5.82. The van der Waals surface area contributed by atoms with Crippen LogP contribution in [0.3, 0.4) is 0 Å². The van der Waals surface area contributed by atoms with Crippen LogP contribution in [0.15, 0.2) is 12.3 Å². The fourth-order valence-corrected chi connectivity index (χ4v) is 2.53. The molecular formula is C14H16Cl2N2O3. The summed E-state index contributed by atoms with van der Waals surface area (Å²) >= 11 is 11.4. The lowest BCUT2D eigenvalue weighted by Crippen LogP contribution is -2.38. The van der Waals surface area contributed by atoms with Gasteiger partial charge in [-0.1, -0.05) is 42.5 Å². The number of pyridine rings is 1. The van der Waals surface area contributed by atoms with Crippen molar-refractivity contribution in [1.29, 1.82) is 0 Å². The first-order valence-corrected chi connectivity index (χ1v) is 7.59. The van der Waals surface area contributed by atoms with Gasteiger partial charge in [0.1, 0.15) is 5.15 Å². The zero-order chi connectivity index (χ0) is 15.2. The minimum atomic E-state index is -0.653. The first-order chi connectivity index (χ1) is 10.1. The van der Waals surface area contributed by atoms with Gasteiger partial charge in [0, 0.05) is 12.2 Å². The van der Waals surface area contributed by atoms with E-state index in [0.29, 0.717) is 0 Å². The molecule has 1 aliphatic carbocycles.